The summed E-state index contributed by atoms with van der Waals surface area (Å²) in [7, 11) is 0. The van der Waals surface area contributed by atoms with Gasteiger partial charge in [-0.2, -0.15) is 0 Å². The maximum Gasteiger partial charge on any atom is 0.303 e. The van der Waals surface area contributed by atoms with Crippen LogP contribution in [0.4, 0.5) is 0 Å². The van der Waals surface area contributed by atoms with Crippen molar-refractivity contribution in [2.45, 2.75) is 51.5 Å². The van der Waals surface area contributed by atoms with Gasteiger partial charge in [-0.3, -0.25) is 9.59 Å². The minimum Gasteiger partial charge on any atom is -0.481 e. The summed E-state index contributed by atoms with van der Waals surface area (Å²) in [6.45, 7) is 3.37. The summed E-state index contributed by atoms with van der Waals surface area (Å²) in [4.78, 5) is 21.5. The molecule has 0 aromatic rings. The van der Waals surface area contributed by atoms with E-state index in [1.54, 1.807) is 13.8 Å². The molecule has 0 aliphatic carbocycles. The molecule has 0 aliphatic rings. The second-order valence-electron chi connectivity index (χ2n) is 4.10. The van der Waals surface area contributed by atoms with E-state index in [-0.39, 0.29) is 12.2 Å². The molecule has 82 valence electrons. The van der Waals surface area contributed by atoms with Gasteiger partial charge in [0.15, 0.2) is 5.78 Å². The van der Waals surface area contributed by atoms with Crippen LogP contribution in [0.5, 0.6) is 0 Å². The smallest absolute Gasteiger partial charge is 0.303 e. The first-order chi connectivity index (χ1) is 6.34. The van der Waals surface area contributed by atoms with Crippen LogP contribution in [-0.4, -0.2) is 22.4 Å². The van der Waals surface area contributed by atoms with E-state index in [9.17, 15) is 9.59 Å². The molecule has 3 N–H and O–H groups in total. The highest BCUT2D eigenvalue weighted by atomic mass is 16.4. The number of ketones is 1. The second kappa shape index (κ2) is 5.75. The van der Waals surface area contributed by atoms with Crippen LogP contribution < -0.4 is 5.73 Å². The minimum atomic E-state index is -0.782. The van der Waals surface area contributed by atoms with Crippen LogP contribution in [0.3, 0.4) is 0 Å². The molecule has 0 saturated heterocycles. The van der Waals surface area contributed by atoms with E-state index in [1.807, 2.05) is 0 Å². The molecule has 4 nitrogen and oxygen atoms in total. The van der Waals surface area contributed by atoms with E-state index >= 15 is 0 Å². The zero-order valence-electron chi connectivity index (χ0n) is 8.88. The van der Waals surface area contributed by atoms with Crippen molar-refractivity contribution in [3.05, 3.63) is 0 Å². The Hall–Kier alpha value is -0.900. The molecule has 0 heterocycles. The standard InChI is InChI=1S/C10H19NO3/c1-10(2,11)8(12)6-4-3-5-7-9(13)14/h3-7,11H2,1-2H3,(H,13,14). The van der Waals surface area contributed by atoms with Crippen molar-refractivity contribution in [3.8, 4) is 0 Å². The SMILES string of the molecule is CC(C)(N)C(=O)CCCCCC(=O)O. The third-order valence-corrected chi connectivity index (χ3v) is 2.01. The second-order valence-corrected chi connectivity index (χ2v) is 4.10. The number of hydrogen-bond donors (Lipinski definition) is 2. The Morgan fingerprint density at radius 3 is 2.07 bits per heavy atom. The van der Waals surface area contributed by atoms with Gasteiger partial charge >= 0.3 is 5.97 Å². The summed E-state index contributed by atoms with van der Waals surface area (Å²) < 4.78 is 0. The van der Waals surface area contributed by atoms with Gasteiger partial charge in [-0.15, -0.1) is 0 Å². The predicted molar refractivity (Wildman–Crippen MR) is 54.0 cm³/mol. The van der Waals surface area contributed by atoms with Crippen molar-refractivity contribution in [1.82, 2.24) is 0 Å². The summed E-state index contributed by atoms with van der Waals surface area (Å²) in [6, 6.07) is 0. The van der Waals surface area contributed by atoms with Crippen LogP contribution in [0.1, 0.15) is 46.0 Å². The molecule has 0 radical (unpaired) electrons. The van der Waals surface area contributed by atoms with Crippen LogP contribution >= 0.6 is 0 Å². The van der Waals surface area contributed by atoms with Gasteiger partial charge in [0.05, 0.1) is 5.54 Å². The van der Waals surface area contributed by atoms with Gasteiger partial charge in [0.25, 0.3) is 0 Å². The van der Waals surface area contributed by atoms with Gasteiger partial charge in [0, 0.05) is 12.8 Å². The van der Waals surface area contributed by atoms with Crippen molar-refractivity contribution in [2.75, 3.05) is 0 Å². The number of nitrogens with two attached hydrogens (primary N) is 1. The quantitative estimate of drug-likeness (QED) is 0.609. The van der Waals surface area contributed by atoms with E-state index in [0.717, 1.165) is 12.8 Å². The molecule has 0 bridgehead atoms. The van der Waals surface area contributed by atoms with Crippen LogP contribution in [0.15, 0.2) is 0 Å². The van der Waals surface area contributed by atoms with E-state index in [4.69, 9.17) is 10.8 Å². The summed E-state index contributed by atoms with van der Waals surface area (Å²) in [5.41, 5.74) is 4.84. The fraction of sp³-hybridized carbons (Fsp3) is 0.800. The van der Waals surface area contributed by atoms with Gasteiger partial charge in [0.2, 0.25) is 0 Å². The molecule has 0 unspecified atom stereocenters. The maximum absolute atomic E-state index is 11.3. The van der Waals surface area contributed by atoms with Crippen molar-refractivity contribution >= 4 is 11.8 Å². The lowest BCUT2D eigenvalue weighted by atomic mass is 9.96. The fourth-order valence-corrected chi connectivity index (χ4v) is 1.06. The molecule has 0 aromatic carbocycles. The van der Waals surface area contributed by atoms with Crippen molar-refractivity contribution < 1.29 is 14.7 Å². The molecule has 0 spiro atoms. The van der Waals surface area contributed by atoms with Crippen molar-refractivity contribution in [1.29, 1.82) is 0 Å². The van der Waals surface area contributed by atoms with E-state index in [1.165, 1.54) is 0 Å². The first-order valence-electron chi connectivity index (χ1n) is 4.88. The molecule has 0 rings (SSSR count). The third-order valence-electron chi connectivity index (χ3n) is 2.01. The van der Waals surface area contributed by atoms with Gasteiger partial charge in [-0.25, -0.2) is 0 Å². The largest absolute Gasteiger partial charge is 0.481 e. The van der Waals surface area contributed by atoms with Crippen LogP contribution in [0.2, 0.25) is 0 Å². The molecular weight excluding hydrogens is 182 g/mol. The molecule has 14 heavy (non-hydrogen) atoms. The lowest BCUT2D eigenvalue weighted by Gasteiger charge is -2.16. The Morgan fingerprint density at radius 2 is 1.64 bits per heavy atom. The van der Waals surface area contributed by atoms with Gasteiger partial charge in [-0.1, -0.05) is 6.42 Å². The highest BCUT2D eigenvalue weighted by Crippen LogP contribution is 2.09. The molecule has 4 heteroatoms. The van der Waals surface area contributed by atoms with E-state index in [2.05, 4.69) is 0 Å². The number of rotatable bonds is 7. The average molecular weight is 201 g/mol. The summed E-state index contributed by atoms with van der Waals surface area (Å²) >= 11 is 0. The first kappa shape index (κ1) is 13.1. The molecule has 0 saturated carbocycles. The molecule has 0 fully saturated rings. The number of carbonyl (C=O) groups excluding carboxylic acids is 1. The topological polar surface area (TPSA) is 80.4 Å². The number of Topliss-reactive ketones (excluding diaryl/α,β-unsaturated/α-hetero) is 1. The lowest BCUT2D eigenvalue weighted by molar-refractivity contribution is -0.137. The Labute approximate surface area is 84.5 Å². The molecular formula is C10H19NO3. The minimum absolute atomic E-state index is 0.0350. The van der Waals surface area contributed by atoms with E-state index < -0.39 is 11.5 Å². The van der Waals surface area contributed by atoms with Gasteiger partial charge in [0.1, 0.15) is 0 Å². The Morgan fingerprint density at radius 1 is 1.14 bits per heavy atom. The van der Waals surface area contributed by atoms with Crippen molar-refractivity contribution in [3.63, 3.8) is 0 Å². The van der Waals surface area contributed by atoms with Gasteiger partial charge < -0.3 is 10.8 Å². The third kappa shape index (κ3) is 6.60. The molecule has 0 aromatic heterocycles. The van der Waals surface area contributed by atoms with E-state index in [0.29, 0.717) is 12.8 Å². The number of carboxylic acid groups (broad SMARTS) is 1. The highest BCUT2D eigenvalue weighted by molar-refractivity contribution is 5.87. The highest BCUT2D eigenvalue weighted by Gasteiger charge is 2.20. The number of hydrogen-bond acceptors (Lipinski definition) is 3. The first-order valence-corrected chi connectivity index (χ1v) is 4.88. The van der Waals surface area contributed by atoms with Crippen molar-refractivity contribution in [2.24, 2.45) is 5.73 Å². The number of carboxylic acids is 1. The number of carbonyl (C=O) groups is 2. The zero-order chi connectivity index (χ0) is 11.2. The summed E-state index contributed by atoms with van der Waals surface area (Å²) in [5, 5.41) is 8.36. The Balaban J connectivity index is 3.46. The molecule has 0 aliphatic heterocycles. The summed E-state index contributed by atoms with van der Waals surface area (Å²) in [6.07, 6.45) is 2.76. The maximum atomic E-state index is 11.3. The number of unbranched alkanes of at least 4 members (excludes halogenated alkanes) is 2. The molecule has 0 atom stereocenters. The Bertz CT molecular complexity index is 206. The van der Waals surface area contributed by atoms with Crippen LogP contribution in [0.25, 0.3) is 0 Å². The van der Waals surface area contributed by atoms with Crippen LogP contribution in [0, 0.1) is 0 Å². The Kier molecular flexibility index (Phi) is 5.38. The fourth-order valence-electron chi connectivity index (χ4n) is 1.06. The average Bonchev–Trinajstić information content (AvgIpc) is 2.01. The summed E-state index contributed by atoms with van der Waals surface area (Å²) in [5.74, 6) is -0.747. The van der Waals surface area contributed by atoms with Crippen LogP contribution in [-0.2, 0) is 9.59 Å². The lowest BCUT2D eigenvalue weighted by Crippen LogP contribution is -2.41. The zero-order valence-corrected chi connectivity index (χ0v) is 8.88. The normalized spacial score (nSPS) is 11.4. The monoisotopic (exact) mass is 201 g/mol. The predicted octanol–water partition coefficient (Wildman–Crippen LogP) is 1.33. The molecule has 0 amide bonds. The van der Waals surface area contributed by atoms with Gasteiger partial charge in [-0.05, 0) is 26.7 Å². The number of aliphatic carboxylic acids is 1.